The molecule has 3 rings (SSSR count). The van der Waals surface area contributed by atoms with Crippen molar-refractivity contribution in [3.8, 4) is 0 Å². The van der Waals surface area contributed by atoms with Crippen LogP contribution < -0.4 is 10.6 Å². The van der Waals surface area contributed by atoms with Gasteiger partial charge in [0.1, 0.15) is 6.33 Å². The molecule has 0 bridgehead atoms. The second-order valence-corrected chi connectivity index (χ2v) is 7.23. The van der Waals surface area contributed by atoms with E-state index in [2.05, 4.69) is 20.6 Å². The van der Waals surface area contributed by atoms with Crippen molar-refractivity contribution < 1.29 is 18.1 Å². The maximum Gasteiger partial charge on any atom is 0.417 e. The van der Waals surface area contributed by atoms with E-state index in [1.54, 1.807) is 0 Å². The Hall–Kier alpha value is -2.62. The van der Waals surface area contributed by atoms with E-state index in [0.717, 1.165) is 57.0 Å². The Bertz CT molecular complexity index is 886. The molecule has 7 nitrogen and oxygen atoms in total. The van der Waals surface area contributed by atoms with Gasteiger partial charge >= 0.3 is 11.9 Å². The van der Waals surface area contributed by atoms with Crippen molar-refractivity contribution in [1.82, 2.24) is 9.97 Å². The van der Waals surface area contributed by atoms with Crippen LogP contribution >= 0.6 is 11.6 Å². The maximum absolute atomic E-state index is 13.1. The third kappa shape index (κ3) is 5.26. The van der Waals surface area contributed by atoms with Crippen molar-refractivity contribution in [2.24, 2.45) is 0 Å². The zero-order chi connectivity index (χ0) is 21.0. The van der Waals surface area contributed by atoms with Crippen LogP contribution in [0, 0.1) is 10.1 Å². The number of anilines is 3. The summed E-state index contributed by atoms with van der Waals surface area (Å²) in [4.78, 5) is 18.9. The number of halogens is 4. The lowest BCUT2D eigenvalue weighted by Crippen LogP contribution is -2.20. The third-order valence-electron chi connectivity index (χ3n) is 4.74. The molecule has 0 amide bonds. The summed E-state index contributed by atoms with van der Waals surface area (Å²) >= 11 is 5.62. The minimum absolute atomic E-state index is 0.0241. The van der Waals surface area contributed by atoms with Gasteiger partial charge in [-0.05, 0) is 31.0 Å². The molecule has 1 aromatic heterocycles. The molecule has 1 fully saturated rings. The van der Waals surface area contributed by atoms with Crippen LogP contribution in [0.5, 0.6) is 0 Å². The van der Waals surface area contributed by atoms with Gasteiger partial charge in [-0.1, -0.05) is 37.3 Å². The highest BCUT2D eigenvalue weighted by atomic mass is 35.5. The molecule has 2 N–H and O–H groups in total. The van der Waals surface area contributed by atoms with E-state index in [1.165, 1.54) is 6.07 Å². The van der Waals surface area contributed by atoms with Crippen molar-refractivity contribution in [3.63, 3.8) is 0 Å². The lowest BCUT2D eigenvalue weighted by atomic mass is 10.1. The predicted molar refractivity (Wildman–Crippen MR) is 104 cm³/mol. The van der Waals surface area contributed by atoms with Crippen LogP contribution in [0.1, 0.15) is 44.1 Å². The number of hydrogen-bond acceptors (Lipinski definition) is 6. The van der Waals surface area contributed by atoms with Gasteiger partial charge in [-0.3, -0.25) is 10.1 Å². The van der Waals surface area contributed by atoms with Gasteiger partial charge in [0, 0.05) is 11.7 Å². The molecule has 0 atom stereocenters. The molecule has 0 unspecified atom stereocenters. The molecular formula is C18H19ClF3N5O2. The smallest absolute Gasteiger partial charge is 0.361 e. The standard InChI is InChI=1S/C18H19ClF3N5O2/c19-14-8-7-12(9-13(14)18(20,21)22)26-17-15(27(28)29)16(23-10-24-17)25-11-5-3-1-2-4-6-11/h7-11H,1-6H2,(H2,23,24,25,26). The monoisotopic (exact) mass is 429 g/mol. The second-order valence-electron chi connectivity index (χ2n) is 6.83. The van der Waals surface area contributed by atoms with Gasteiger partial charge in [0.15, 0.2) is 0 Å². The highest BCUT2D eigenvalue weighted by Gasteiger charge is 2.34. The Balaban J connectivity index is 1.91. The van der Waals surface area contributed by atoms with E-state index in [9.17, 15) is 23.3 Å². The molecule has 0 spiro atoms. The summed E-state index contributed by atoms with van der Waals surface area (Å²) in [7, 11) is 0. The number of hydrogen-bond donors (Lipinski definition) is 2. The fourth-order valence-electron chi connectivity index (χ4n) is 3.32. The second kappa shape index (κ2) is 8.81. The van der Waals surface area contributed by atoms with Crippen LogP contribution in [0.15, 0.2) is 24.5 Å². The van der Waals surface area contributed by atoms with Gasteiger partial charge in [0.2, 0.25) is 11.6 Å². The number of benzene rings is 1. The molecule has 0 radical (unpaired) electrons. The molecule has 0 saturated heterocycles. The molecule has 2 aromatic rings. The summed E-state index contributed by atoms with van der Waals surface area (Å²) in [5.41, 5.74) is -1.48. The van der Waals surface area contributed by atoms with E-state index in [-0.39, 0.29) is 23.4 Å². The van der Waals surface area contributed by atoms with E-state index < -0.39 is 27.4 Å². The Kier molecular flexibility index (Phi) is 6.41. The molecule has 1 aromatic carbocycles. The summed E-state index contributed by atoms with van der Waals surface area (Å²) in [5, 5.41) is 16.9. The average molecular weight is 430 g/mol. The molecule has 1 saturated carbocycles. The lowest BCUT2D eigenvalue weighted by Gasteiger charge is -2.17. The van der Waals surface area contributed by atoms with Crippen molar-refractivity contribution in [3.05, 3.63) is 45.2 Å². The van der Waals surface area contributed by atoms with Crippen LogP contribution in [0.25, 0.3) is 0 Å². The number of alkyl halides is 3. The first kappa shape index (κ1) is 21.1. The van der Waals surface area contributed by atoms with Gasteiger partial charge in [-0.25, -0.2) is 9.97 Å². The minimum Gasteiger partial charge on any atom is -0.361 e. The van der Waals surface area contributed by atoms with Crippen molar-refractivity contribution >= 4 is 34.6 Å². The summed E-state index contributed by atoms with van der Waals surface area (Å²) in [5.74, 6) is -0.152. The van der Waals surface area contributed by atoms with Crippen LogP contribution in [0.2, 0.25) is 5.02 Å². The largest absolute Gasteiger partial charge is 0.417 e. The van der Waals surface area contributed by atoms with Gasteiger partial charge in [-0.2, -0.15) is 13.2 Å². The molecule has 11 heteroatoms. The van der Waals surface area contributed by atoms with Gasteiger partial charge < -0.3 is 10.6 Å². The molecule has 1 aliphatic carbocycles. The first-order valence-corrected chi connectivity index (χ1v) is 9.53. The zero-order valence-electron chi connectivity index (χ0n) is 15.3. The first-order valence-electron chi connectivity index (χ1n) is 9.15. The molecular weight excluding hydrogens is 411 g/mol. The zero-order valence-corrected chi connectivity index (χ0v) is 16.1. The van der Waals surface area contributed by atoms with Crippen molar-refractivity contribution in [2.45, 2.75) is 50.7 Å². The van der Waals surface area contributed by atoms with Crippen molar-refractivity contribution in [1.29, 1.82) is 0 Å². The van der Waals surface area contributed by atoms with Crippen molar-refractivity contribution in [2.75, 3.05) is 10.6 Å². The molecule has 1 heterocycles. The molecule has 1 aliphatic rings. The number of aromatic nitrogens is 2. The average Bonchev–Trinajstić information content (AvgIpc) is 2.91. The van der Waals surface area contributed by atoms with Crippen LogP contribution in [-0.4, -0.2) is 20.9 Å². The SMILES string of the molecule is O=[N+]([O-])c1c(Nc2ccc(Cl)c(C(F)(F)F)c2)ncnc1NC1CCCCCC1. The normalized spacial score (nSPS) is 15.6. The number of nitrogens with zero attached hydrogens (tertiary/aromatic N) is 3. The quantitative estimate of drug-likeness (QED) is 0.347. The van der Waals surface area contributed by atoms with Gasteiger partial charge in [0.25, 0.3) is 0 Å². The lowest BCUT2D eigenvalue weighted by molar-refractivity contribution is -0.383. The van der Waals surface area contributed by atoms with Crippen LogP contribution in [-0.2, 0) is 6.18 Å². The Morgan fingerprint density at radius 2 is 1.76 bits per heavy atom. The van der Waals surface area contributed by atoms with Gasteiger partial charge in [0.05, 0.1) is 15.5 Å². The number of rotatable bonds is 5. The van der Waals surface area contributed by atoms with E-state index in [4.69, 9.17) is 11.6 Å². The minimum atomic E-state index is -4.65. The number of nitrogens with one attached hydrogen (secondary N) is 2. The maximum atomic E-state index is 13.1. The summed E-state index contributed by atoms with van der Waals surface area (Å²) in [6.45, 7) is 0. The van der Waals surface area contributed by atoms with E-state index in [1.807, 2.05) is 0 Å². The highest BCUT2D eigenvalue weighted by molar-refractivity contribution is 6.31. The number of nitro groups is 1. The predicted octanol–water partition coefficient (Wildman–Crippen LogP) is 5.94. The first-order chi connectivity index (χ1) is 13.8. The fourth-order valence-corrected chi connectivity index (χ4v) is 3.55. The van der Waals surface area contributed by atoms with E-state index in [0.29, 0.717) is 0 Å². The van der Waals surface area contributed by atoms with Crippen LogP contribution in [0.3, 0.4) is 0 Å². The third-order valence-corrected chi connectivity index (χ3v) is 5.06. The summed E-state index contributed by atoms with van der Waals surface area (Å²) < 4.78 is 39.2. The Morgan fingerprint density at radius 1 is 1.10 bits per heavy atom. The summed E-state index contributed by atoms with van der Waals surface area (Å²) in [6, 6.07) is 3.20. The van der Waals surface area contributed by atoms with Gasteiger partial charge in [-0.15, -0.1) is 0 Å². The van der Waals surface area contributed by atoms with Crippen LogP contribution in [0.4, 0.5) is 36.2 Å². The van der Waals surface area contributed by atoms with E-state index >= 15 is 0 Å². The Labute approximate surface area is 169 Å². The Morgan fingerprint density at radius 3 is 2.38 bits per heavy atom. The summed E-state index contributed by atoms with van der Waals surface area (Å²) in [6.07, 6.45) is 2.50. The molecule has 156 valence electrons. The molecule has 0 aliphatic heterocycles. The molecule has 29 heavy (non-hydrogen) atoms. The highest BCUT2D eigenvalue weighted by Crippen LogP contribution is 2.38. The fraction of sp³-hybridized carbons (Fsp3) is 0.444. The topological polar surface area (TPSA) is 93.0 Å².